The molecule has 1 saturated carbocycles. The van der Waals surface area contributed by atoms with Gasteiger partial charge < -0.3 is 14.5 Å². The Morgan fingerprint density at radius 2 is 1.93 bits per heavy atom. The lowest BCUT2D eigenvalue weighted by Gasteiger charge is -2.35. The summed E-state index contributed by atoms with van der Waals surface area (Å²) in [6.07, 6.45) is 8.94. The fraction of sp³-hybridized carbons (Fsp3) is 0.737. The highest BCUT2D eigenvalue weighted by Gasteiger charge is 2.38. The Labute approximate surface area is 168 Å². The number of aliphatic carboxylic acids is 1. The molecular weight excluding hydrogens is 380 g/mol. The van der Waals surface area contributed by atoms with Gasteiger partial charge in [0.25, 0.3) is 11.7 Å². The largest absolute Gasteiger partial charge is 0.481 e. The summed E-state index contributed by atoms with van der Waals surface area (Å²) in [5.41, 5.74) is 1.63. The van der Waals surface area contributed by atoms with Gasteiger partial charge in [0.2, 0.25) is 11.8 Å². The van der Waals surface area contributed by atoms with Crippen LogP contribution in [0, 0.1) is 11.8 Å². The minimum Gasteiger partial charge on any atom is -0.481 e. The molecule has 0 radical (unpaired) electrons. The van der Waals surface area contributed by atoms with Gasteiger partial charge in [-0.3, -0.25) is 19.6 Å². The van der Waals surface area contributed by atoms with Gasteiger partial charge in [0.05, 0.1) is 5.92 Å². The molecule has 1 aromatic rings. The van der Waals surface area contributed by atoms with Crippen LogP contribution in [0.25, 0.3) is 0 Å². The Morgan fingerprint density at radius 1 is 1.21 bits per heavy atom. The van der Waals surface area contributed by atoms with Crippen LogP contribution in [0.3, 0.4) is 0 Å². The maximum Gasteiger partial charge on any atom is 0.310 e. The molecule has 160 valence electrons. The number of hydrogen-bond acceptors (Lipinski definition) is 7. The van der Waals surface area contributed by atoms with Crippen LogP contribution in [0.15, 0.2) is 4.52 Å². The zero-order chi connectivity index (χ0) is 20.8. The number of carbonyl (C=O) groups is 3. The van der Waals surface area contributed by atoms with Crippen molar-refractivity contribution >= 4 is 17.8 Å². The monoisotopic (exact) mass is 408 g/mol. The average Bonchev–Trinajstić information content (AvgIpc) is 3.16. The van der Waals surface area contributed by atoms with Crippen molar-refractivity contribution in [2.24, 2.45) is 11.8 Å². The van der Waals surface area contributed by atoms with Gasteiger partial charge in [0, 0.05) is 25.4 Å². The van der Waals surface area contributed by atoms with E-state index in [4.69, 9.17) is 14.8 Å². The number of nitrogens with one attached hydrogen (secondary N) is 1. The molecule has 10 heteroatoms. The van der Waals surface area contributed by atoms with Crippen LogP contribution < -0.4 is 5.48 Å². The molecule has 1 aliphatic heterocycles. The summed E-state index contributed by atoms with van der Waals surface area (Å²) in [4.78, 5) is 40.4. The zero-order valence-corrected chi connectivity index (χ0v) is 16.4. The first-order valence-electron chi connectivity index (χ1n) is 10.3. The van der Waals surface area contributed by atoms with E-state index in [0.717, 1.165) is 12.8 Å². The van der Waals surface area contributed by atoms with Crippen LogP contribution in [0.4, 0.5) is 0 Å². The average molecular weight is 408 g/mol. The van der Waals surface area contributed by atoms with Crippen molar-refractivity contribution in [2.75, 3.05) is 13.1 Å². The Morgan fingerprint density at radius 3 is 2.59 bits per heavy atom. The van der Waals surface area contributed by atoms with Gasteiger partial charge in [-0.2, -0.15) is 4.98 Å². The highest BCUT2D eigenvalue weighted by atomic mass is 16.5. The van der Waals surface area contributed by atoms with Crippen molar-refractivity contribution in [1.29, 1.82) is 0 Å². The number of hydrogen-bond donors (Lipinski definition) is 3. The third-order valence-corrected chi connectivity index (χ3v) is 5.95. The van der Waals surface area contributed by atoms with Crippen molar-refractivity contribution < 1.29 is 29.2 Å². The molecule has 1 aromatic heterocycles. The van der Waals surface area contributed by atoms with E-state index in [-0.39, 0.29) is 37.1 Å². The summed E-state index contributed by atoms with van der Waals surface area (Å²) in [6.45, 7) is 0.242. The summed E-state index contributed by atoms with van der Waals surface area (Å²) in [7, 11) is 0. The predicted octanol–water partition coefficient (Wildman–Crippen LogP) is 1.96. The molecule has 10 nitrogen and oxygen atoms in total. The fourth-order valence-corrected chi connectivity index (χ4v) is 4.14. The Kier molecular flexibility index (Phi) is 7.18. The molecule has 1 saturated heterocycles. The highest BCUT2D eigenvalue weighted by molar-refractivity contribution is 5.92. The van der Waals surface area contributed by atoms with E-state index in [1.165, 1.54) is 37.0 Å². The third kappa shape index (κ3) is 5.53. The number of carbonyl (C=O) groups excluding carboxylic acids is 2. The Bertz CT molecular complexity index is 724. The van der Waals surface area contributed by atoms with E-state index in [2.05, 4.69) is 10.1 Å². The summed E-state index contributed by atoms with van der Waals surface area (Å²) < 4.78 is 5.24. The van der Waals surface area contributed by atoms with Crippen molar-refractivity contribution in [2.45, 2.75) is 63.7 Å². The molecule has 2 fully saturated rings. The molecular formula is C19H28N4O6. The lowest BCUT2D eigenvalue weighted by atomic mass is 9.84. The van der Waals surface area contributed by atoms with Gasteiger partial charge in [-0.1, -0.05) is 50.1 Å². The van der Waals surface area contributed by atoms with Crippen molar-refractivity contribution in [3.05, 3.63) is 11.7 Å². The molecule has 2 amide bonds. The van der Waals surface area contributed by atoms with Crippen molar-refractivity contribution in [3.63, 3.8) is 0 Å². The number of aromatic nitrogens is 2. The highest BCUT2D eigenvalue weighted by Crippen LogP contribution is 2.31. The fourth-order valence-electron chi connectivity index (χ4n) is 4.14. The summed E-state index contributed by atoms with van der Waals surface area (Å²) in [5.74, 6) is -2.15. The number of rotatable bonds is 9. The molecule has 2 aliphatic rings. The predicted molar refractivity (Wildman–Crippen MR) is 99.0 cm³/mol. The van der Waals surface area contributed by atoms with Crippen LogP contribution in [-0.2, 0) is 9.59 Å². The van der Waals surface area contributed by atoms with E-state index in [1.54, 1.807) is 5.48 Å². The number of amides is 2. The van der Waals surface area contributed by atoms with E-state index in [1.807, 2.05) is 0 Å². The topological polar surface area (TPSA) is 146 Å². The molecule has 3 N–H and O–H groups in total. The molecule has 1 aliphatic carbocycles. The van der Waals surface area contributed by atoms with Gasteiger partial charge in [0.1, 0.15) is 0 Å². The maximum atomic E-state index is 12.4. The zero-order valence-electron chi connectivity index (χ0n) is 16.4. The molecule has 0 spiro atoms. The molecule has 2 heterocycles. The lowest BCUT2D eigenvalue weighted by Crippen LogP contribution is -2.53. The minimum absolute atomic E-state index is 0.0121. The minimum atomic E-state index is -0.934. The second kappa shape index (κ2) is 9.82. The van der Waals surface area contributed by atoms with Crippen LogP contribution in [0.1, 0.15) is 80.2 Å². The molecule has 29 heavy (non-hydrogen) atoms. The van der Waals surface area contributed by atoms with Crippen molar-refractivity contribution in [3.8, 4) is 0 Å². The summed E-state index contributed by atoms with van der Waals surface area (Å²) in [6, 6.07) is 0. The SMILES string of the molecule is O=C(C[C@@H](CCCC1CCCCC1)c1nc(C(=O)N2CC(C(=O)O)C2)no1)NO. The van der Waals surface area contributed by atoms with Crippen LogP contribution in [0.5, 0.6) is 0 Å². The van der Waals surface area contributed by atoms with E-state index in [9.17, 15) is 14.4 Å². The first-order valence-corrected chi connectivity index (χ1v) is 10.3. The summed E-state index contributed by atoms with van der Waals surface area (Å²) >= 11 is 0. The van der Waals surface area contributed by atoms with Crippen LogP contribution in [-0.4, -0.2) is 56.2 Å². The first-order chi connectivity index (χ1) is 14.0. The number of nitrogens with zero attached hydrogens (tertiary/aromatic N) is 3. The number of hydroxylamine groups is 1. The van der Waals surface area contributed by atoms with Gasteiger partial charge in [-0.25, -0.2) is 5.48 Å². The van der Waals surface area contributed by atoms with Gasteiger partial charge in [-0.15, -0.1) is 0 Å². The van der Waals surface area contributed by atoms with E-state index in [0.29, 0.717) is 12.3 Å². The summed E-state index contributed by atoms with van der Waals surface area (Å²) in [5, 5.41) is 21.5. The van der Waals surface area contributed by atoms with Gasteiger partial charge in [0.15, 0.2) is 0 Å². The first kappa shape index (κ1) is 21.2. The Hall–Kier alpha value is -2.49. The van der Waals surface area contributed by atoms with Gasteiger partial charge in [-0.05, 0) is 12.3 Å². The van der Waals surface area contributed by atoms with Crippen LogP contribution >= 0.6 is 0 Å². The lowest BCUT2D eigenvalue weighted by molar-refractivity contribution is -0.146. The van der Waals surface area contributed by atoms with E-state index >= 15 is 0 Å². The van der Waals surface area contributed by atoms with Gasteiger partial charge >= 0.3 is 5.97 Å². The molecule has 0 bridgehead atoms. The number of carboxylic acid groups (broad SMARTS) is 1. The third-order valence-electron chi connectivity index (χ3n) is 5.95. The van der Waals surface area contributed by atoms with Crippen molar-refractivity contribution in [1.82, 2.24) is 20.5 Å². The molecule has 3 rings (SSSR count). The molecule has 1 atom stereocenters. The smallest absolute Gasteiger partial charge is 0.310 e. The number of likely N-dealkylation sites (tertiary alicyclic amines) is 1. The van der Waals surface area contributed by atoms with Crippen LogP contribution in [0.2, 0.25) is 0 Å². The van der Waals surface area contributed by atoms with E-state index < -0.39 is 23.7 Å². The molecule has 0 aromatic carbocycles. The maximum absolute atomic E-state index is 12.4. The second-order valence-electron chi connectivity index (χ2n) is 8.07. The standard InChI is InChI=1S/C19H28N4O6/c24-15(21-28)9-13(8-4-7-12-5-2-1-3-6-12)17-20-16(22-29-17)18(25)23-10-14(11-23)19(26)27/h12-14,28H,1-11H2,(H,21,24)(H,26,27)/t13-/m1/s1. The normalized spacial score (nSPS) is 18.9. The quantitative estimate of drug-likeness (QED) is 0.415. The second-order valence-corrected chi connectivity index (χ2v) is 8.07. The molecule has 0 unspecified atom stereocenters. The number of carboxylic acids is 1. The Balaban J connectivity index is 1.57.